The second-order valence-corrected chi connectivity index (χ2v) is 8.84. The maximum Gasteiger partial charge on any atom is 0.0317 e. The second kappa shape index (κ2) is 7.80. The van der Waals surface area contributed by atoms with Gasteiger partial charge in [0.1, 0.15) is 0 Å². The van der Waals surface area contributed by atoms with Gasteiger partial charge in [0.05, 0.1) is 0 Å². The largest absolute Gasteiger partial charge is 0.316 e. The third-order valence-corrected chi connectivity index (χ3v) is 5.52. The highest BCUT2D eigenvalue weighted by atomic mass is 79.9. The Morgan fingerprint density at radius 1 is 1.32 bits per heavy atom. The van der Waals surface area contributed by atoms with Crippen LogP contribution < -0.4 is 5.32 Å². The van der Waals surface area contributed by atoms with E-state index in [2.05, 4.69) is 61.9 Å². The Bertz CT molecular complexity index is 382. The average Bonchev–Trinajstić information content (AvgIpc) is 2.61. The molecule has 110 valence electrons. The number of nitrogens with one attached hydrogen (secondary N) is 1. The van der Waals surface area contributed by atoms with Gasteiger partial charge in [-0.1, -0.05) is 27.7 Å². The van der Waals surface area contributed by atoms with Gasteiger partial charge in [-0.25, -0.2) is 0 Å². The number of aryl methyl sites for hydroxylation is 2. The molecular weight excluding hydrogens is 318 g/mol. The summed E-state index contributed by atoms with van der Waals surface area (Å²) in [4.78, 5) is 2.90. The minimum absolute atomic E-state index is 0.418. The van der Waals surface area contributed by atoms with Gasteiger partial charge in [-0.15, -0.1) is 11.3 Å². The Kier molecular flexibility index (Phi) is 7.06. The molecule has 3 heteroatoms. The average molecular weight is 346 g/mol. The molecule has 0 saturated carbocycles. The molecule has 0 amide bonds. The van der Waals surface area contributed by atoms with Crippen molar-refractivity contribution in [2.24, 2.45) is 11.3 Å². The first kappa shape index (κ1) is 17.2. The Labute approximate surface area is 131 Å². The molecule has 0 aliphatic rings. The van der Waals surface area contributed by atoms with Crippen LogP contribution in [0.25, 0.3) is 0 Å². The highest BCUT2D eigenvalue weighted by Crippen LogP contribution is 2.32. The molecule has 1 heterocycles. The highest BCUT2D eigenvalue weighted by molar-refractivity contribution is 9.10. The number of hydrogen-bond donors (Lipinski definition) is 1. The van der Waals surface area contributed by atoms with Gasteiger partial charge >= 0.3 is 0 Å². The molecule has 1 nitrogen and oxygen atoms in total. The fourth-order valence-corrected chi connectivity index (χ4v) is 3.96. The quantitative estimate of drug-likeness (QED) is 0.620. The smallest absolute Gasteiger partial charge is 0.0317 e. The third-order valence-electron chi connectivity index (χ3n) is 3.44. The van der Waals surface area contributed by atoms with Crippen molar-refractivity contribution in [3.63, 3.8) is 0 Å². The van der Waals surface area contributed by atoms with Gasteiger partial charge in [-0.3, -0.25) is 0 Å². The van der Waals surface area contributed by atoms with E-state index in [0.717, 1.165) is 19.0 Å². The van der Waals surface area contributed by atoms with Gasteiger partial charge in [0.25, 0.3) is 0 Å². The van der Waals surface area contributed by atoms with E-state index in [1.807, 2.05) is 11.3 Å². The molecule has 0 bridgehead atoms. The molecule has 0 spiro atoms. The number of hydrogen-bond acceptors (Lipinski definition) is 2. The number of thiophene rings is 1. The summed E-state index contributed by atoms with van der Waals surface area (Å²) in [5.41, 5.74) is 0.418. The van der Waals surface area contributed by atoms with E-state index in [4.69, 9.17) is 0 Å². The van der Waals surface area contributed by atoms with Crippen LogP contribution in [-0.4, -0.2) is 13.1 Å². The molecule has 0 aliphatic carbocycles. The van der Waals surface area contributed by atoms with Gasteiger partial charge < -0.3 is 5.32 Å². The Hall–Kier alpha value is 0.140. The second-order valence-electron chi connectivity index (χ2n) is 6.64. The number of rotatable bonds is 8. The maximum absolute atomic E-state index is 3.66. The van der Waals surface area contributed by atoms with Crippen molar-refractivity contribution in [3.05, 3.63) is 20.3 Å². The summed E-state index contributed by atoms with van der Waals surface area (Å²) < 4.78 is 1.30. The van der Waals surface area contributed by atoms with Crippen molar-refractivity contribution >= 4 is 27.3 Å². The predicted octanol–water partition coefficient (Wildman–Crippen LogP) is 5.41. The molecule has 1 aromatic heterocycles. The van der Waals surface area contributed by atoms with E-state index < -0.39 is 0 Å². The van der Waals surface area contributed by atoms with Crippen molar-refractivity contribution in [2.45, 2.75) is 53.9 Å². The SMILES string of the molecule is Cc1cc(Br)c(CCC(C)(C)CCNCC(C)C)s1. The van der Waals surface area contributed by atoms with Crippen LogP contribution in [0.15, 0.2) is 10.5 Å². The molecule has 0 radical (unpaired) electrons. The standard InChI is InChI=1S/C16H28BrNS/c1-12(2)11-18-9-8-16(4,5)7-6-15-14(17)10-13(3)19-15/h10,12,18H,6-9,11H2,1-5H3. The van der Waals surface area contributed by atoms with E-state index in [1.165, 1.54) is 33.5 Å². The third kappa shape index (κ3) is 6.92. The van der Waals surface area contributed by atoms with Crippen LogP contribution in [0, 0.1) is 18.3 Å². The van der Waals surface area contributed by atoms with Crippen molar-refractivity contribution < 1.29 is 0 Å². The molecule has 0 fully saturated rings. The summed E-state index contributed by atoms with van der Waals surface area (Å²) >= 11 is 5.59. The lowest BCUT2D eigenvalue weighted by molar-refractivity contribution is 0.300. The molecule has 0 aliphatic heterocycles. The lowest BCUT2D eigenvalue weighted by atomic mass is 9.84. The van der Waals surface area contributed by atoms with E-state index in [1.54, 1.807) is 0 Å². The molecular formula is C16H28BrNS. The topological polar surface area (TPSA) is 12.0 Å². The van der Waals surface area contributed by atoms with Gasteiger partial charge in [0.15, 0.2) is 0 Å². The van der Waals surface area contributed by atoms with Crippen molar-refractivity contribution in [1.29, 1.82) is 0 Å². The fraction of sp³-hybridized carbons (Fsp3) is 0.750. The summed E-state index contributed by atoms with van der Waals surface area (Å²) in [6, 6.07) is 2.23. The monoisotopic (exact) mass is 345 g/mol. The van der Waals surface area contributed by atoms with E-state index in [9.17, 15) is 0 Å². The summed E-state index contributed by atoms with van der Waals surface area (Å²) in [6.45, 7) is 13.7. The molecule has 1 N–H and O–H groups in total. The molecule has 0 aromatic carbocycles. The first-order valence-electron chi connectivity index (χ1n) is 7.26. The lowest BCUT2D eigenvalue weighted by Gasteiger charge is -2.25. The minimum atomic E-state index is 0.418. The van der Waals surface area contributed by atoms with Crippen molar-refractivity contribution in [1.82, 2.24) is 5.32 Å². The number of halogens is 1. The summed E-state index contributed by atoms with van der Waals surface area (Å²) in [7, 11) is 0. The Balaban J connectivity index is 2.32. The first-order chi connectivity index (χ1) is 8.80. The van der Waals surface area contributed by atoms with Gasteiger partial charge in [0, 0.05) is 14.2 Å². The fourth-order valence-electron chi connectivity index (χ4n) is 2.10. The van der Waals surface area contributed by atoms with Crippen molar-refractivity contribution in [3.8, 4) is 0 Å². The first-order valence-corrected chi connectivity index (χ1v) is 8.86. The van der Waals surface area contributed by atoms with E-state index in [-0.39, 0.29) is 0 Å². The van der Waals surface area contributed by atoms with Crippen LogP contribution in [0.1, 0.15) is 50.3 Å². The van der Waals surface area contributed by atoms with Crippen LogP contribution in [0.3, 0.4) is 0 Å². The zero-order valence-corrected chi connectivity index (χ0v) is 15.4. The van der Waals surface area contributed by atoms with Crippen LogP contribution in [-0.2, 0) is 6.42 Å². The molecule has 1 rings (SSSR count). The molecule has 0 unspecified atom stereocenters. The molecule has 0 atom stereocenters. The minimum Gasteiger partial charge on any atom is -0.316 e. The lowest BCUT2D eigenvalue weighted by Crippen LogP contribution is -2.25. The van der Waals surface area contributed by atoms with Gasteiger partial charge in [0.2, 0.25) is 0 Å². The van der Waals surface area contributed by atoms with Gasteiger partial charge in [-0.05, 0) is 72.6 Å². The van der Waals surface area contributed by atoms with Crippen molar-refractivity contribution in [2.75, 3.05) is 13.1 Å². The van der Waals surface area contributed by atoms with E-state index in [0.29, 0.717) is 5.41 Å². The zero-order valence-electron chi connectivity index (χ0n) is 13.0. The molecule has 1 aromatic rings. The summed E-state index contributed by atoms with van der Waals surface area (Å²) in [6.07, 6.45) is 3.70. The molecule has 19 heavy (non-hydrogen) atoms. The predicted molar refractivity (Wildman–Crippen MR) is 91.2 cm³/mol. The van der Waals surface area contributed by atoms with Crippen LogP contribution in [0.2, 0.25) is 0 Å². The summed E-state index contributed by atoms with van der Waals surface area (Å²) in [5, 5.41) is 3.55. The van der Waals surface area contributed by atoms with Crippen LogP contribution in [0.4, 0.5) is 0 Å². The van der Waals surface area contributed by atoms with Crippen LogP contribution >= 0.6 is 27.3 Å². The Morgan fingerprint density at radius 2 is 2.00 bits per heavy atom. The van der Waals surface area contributed by atoms with Gasteiger partial charge in [-0.2, -0.15) is 0 Å². The maximum atomic E-state index is 3.66. The zero-order chi connectivity index (χ0) is 14.5. The molecule has 0 saturated heterocycles. The van der Waals surface area contributed by atoms with E-state index >= 15 is 0 Å². The summed E-state index contributed by atoms with van der Waals surface area (Å²) in [5.74, 6) is 0.744. The normalized spacial score (nSPS) is 12.4. The highest BCUT2D eigenvalue weighted by Gasteiger charge is 2.18. The van der Waals surface area contributed by atoms with Crippen LogP contribution in [0.5, 0.6) is 0 Å². The Morgan fingerprint density at radius 3 is 2.53 bits per heavy atom.